The van der Waals surface area contributed by atoms with Crippen molar-refractivity contribution in [1.29, 1.82) is 0 Å². The van der Waals surface area contributed by atoms with E-state index < -0.39 is 29.5 Å². The Bertz CT molecular complexity index is 878. The minimum absolute atomic E-state index is 0.0386. The van der Waals surface area contributed by atoms with Gasteiger partial charge in [0.25, 0.3) is 0 Å². The van der Waals surface area contributed by atoms with Crippen LogP contribution in [-0.4, -0.2) is 46.1 Å². The third kappa shape index (κ3) is 4.54. The van der Waals surface area contributed by atoms with Gasteiger partial charge in [0.2, 0.25) is 5.78 Å². The highest BCUT2D eigenvalue weighted by Gasteiger charge is 2.68. The fraction of sp³-hybridized carbons (Fsp3) is 0.828. The Morgan fingerprint density at radius 1 is 1.09 bits per heavy atom. The van der Waals surface area contributed by atoms with E-state index in [0.717, 1.165) is 57.8 Å². The molecule has 0 unspecified atom stereocenters. The summed E-state index contributed by atoms with van der Waals surface area (Å²) in [5.74, 6) is -0.271. The summed E-state index contributed by atoms with van der Waals surface area (Å²) in [4.78, 5) is 37.5. The first-order valence-corrected chi connectivity index (χ1v) is 13.9. The molecule has 0 aromatic rings. The van der Waals surface area contributed by atoms with Crippen LogP contribution in [0.15, 0.2) is 11.6 Å². The molecule has 6 heteroatoms. The molecule has 196 valence electrons. The number of aliphatic hydroxyl groups is 2. The quantitative estimate of drug-likeness (QED) is 0.361. The molecule has 0 spiro atoms. The SMILES string of the molecule is CCCCCCCC(=O)OCC(=O)[C@@]1(O)CC[C@@H]2[C@@H]3CCC4=CC(=O)CC[C@]4(C)[C@H]3[C@@H](O)C[C@@]21C. The first-order chi connectivity index (χ1) is 16.6. The average molecular weight is 489 g/mol. The number of allylic oxidation sites excluding steroid dienone is 1. The van der Waals surface area contributed by atoms with Crippen molar-refractivity contribution in [2.75, 3.05) is 6.61 Å². The summed E-state index contributed by atoms with van der Waals surface area (Å²) in [5.41, 5.74) is -1.37. The lowest BCUT2D eigenvalue weighted by atomic mass is 9.45. The highest BCUT2D eigenvalue weighted by Crippen LogP contribution is 2.67. The van der Waals surface area contributed by atoms with E-state index in [4.69, 9.17) is 4.74 Å². The topological polar surface area (TPSA) is 101 Å². The van der Waals surface area contributed by atoms with E-state index in [-0.39, 0.29) is 34.9 Å². The highest BCUT2D eigenvalue weighted by atomic mass is 16.5. The third-order valence-electron chi connectivity index (χ3n) is 10.4. The lowest BCUT2D eigenvalue weighted by molar-refractivity contribution is -0.184. The van der Waals surface area contributed by atoms with Crippen LogP contribution in [0.1, 0.15) is 104 Å². The molecule has 0 aliphatic heterocycles. The van der Waals surface area contributed by atoms with Gasteiger partial charge >= 0.3 is 5.97 Å². The molecule has 4 aliphatic carbocycles. The Kier molecular flexibility index (Phi) is 7.64. The molecule has 35 heavy (non-hydrogen) atoms. The lowest BCUT2D eigenvalue weighted by Gasteiger charge is -2.60. The summed E-state index contributed by atoms with van der Waals surface area (Å²) < 4.78 is 5.29. The largest absolute Gasteiger partial charge is 0.458 e. The van der Waals surface area contributed by atoms with Crippen molar-refractivity contribution in [3.8, 4) is 0 Å². The molecule has 0 aromatic carbocycles. The number of carbonyl (C=O) groups is 3. The van der Waals surface area contributed by atoms with Gasteiger partial charge in [-0.1, -0.05) is 52.0 Å². The Hall–Kier alpha value is -1.53. The van der Waals surface area contributed by atoms with Crippen LogP contribution in [-0.2, 0) is 19.1 Å². The fourth-order valence-corrected chi connectivity index (χ4v) is 8.36. The van der Waals surface area contributed by atoms with Crippen LogP contribution in [0, 0.1) is 28.6 Å². The van der Waals surface area contributed by atoms with Crippen molar-refractivity contribution in [3.63, 3.8) is 0 Å². The van der Waals surface area contributed by atoms with Gasteiger partial charge in [0, 0.05) is 18.3 Å². The summed E-state index contributed by atoms with van der Waals surface area (Å²) in [6.45, 7) is 5.90. The maximum atomic E-state index is 13.3. The molecule has 0 aromatic heterocycles. The number of carbonyl (C=O) groups excluding carboxylic acids is 3. The molecule has 0 radical (unpaired) electrons. The summed E-state index contributed by atoms with van der Waals surface area (Å²) in [7, 11) is 0. The zero-order valence-corrected chi connectivity index (χ0v) is 21.8. The molecule has 7 atom stereocenters. The van der Waals surface area contributed by atoms with Gasteiger partial charge in [0.05, 0.1) is 6.10 Å². The van der Waals surface area contributed by atoms with Crippen molar-refractivity contribution in [1.82, 2.24) is 0 Å². The van der Waals surface area contributed by atoms with Gasteiger partial charge in [-0.05, 0) is 74.2 Å². The number of rotatable bonds is 9. The Morgan fingerprint density at radius 3 is 2.57 bits per heavy atom. The van der Waals surface area contributed by atoms with Gasteiger partial charge in [0.15, 0.2) is 12.4 Å². The number of ketones is 2. The number of esters is 1. The normalized spacial score (nSPS) is 40.4. The summed E-state index contributed by atoms with van der Waals surface area (Å²) in [6, 6.07) is 0. The van der Waals surface area contributed by atoms with Crippen molar-refractivity contribution in [2.24, 2.45) is 28.6 Å². The number of hydrogen-bond acceptors (Lipinski definition) is 6. The van der Waals surface area contributed by atoms with Gasteiger partial charge in [-0.25, -0.2) is 0 Å². The number of unbranched alkanes of at least 4 members (excludes halogenated alkanes) is 4. The van der Waals surface area contributed by atoms with Crippen LogP contribution in [0.3, 0.4) is 0 Å². The van der Waals surface area contributed by atoms with E-state index in [1.54, 1.807) is 0 Å². The smallest absolute Gasteiger partial charge is 0.306 e. The van der Waals surface area contributed by atoms with E-state index in [0.29, 0.717) is 25.7 Å². The fourth-order valence-electron chi connectivity index (χ4n) is 8.36. The second-order valence-electron chi connectivity index (χ2n) is 12.2. The summed E-state index contributed by atoms with van der Waals surface area (Å²) in [5, 5.41) is 23.2. The number of fused-ring (bicyclic) bond motifs is 5. The first-order valence-electron chi connectivity index (χ1n) is 13.9. The van der Waals surface area contributed by atoms with Crippen LogP contribution in [0.4, 0.5) is 0 Å². The Balaban J connectivity index is 1.43. The first kappa shape index (κ1) is 26.5. The van der Waals surface area contributed by atoms with Gasteiger partial charge in [-0.3, -0.25) is 14.4 Å². The second-order valence-corrected chi connectivity index (χ2v) is 12.2. The summed E-state index contributed by atoms with van der Waals surface area (Å²) >= 11 is 0. The molecule has 3 fully saturated rings. The number of hydrogen-bond donors (Lipinski definition) is 2. The average Bonchev–Trinajstić information content (AvgIpc) is 3.08. The Morgan fingerprint density at radius 2 is 1.83 bits per heavy atom. The van der Waals surface area contributed by atoms with Crippen LogP contribution < -0.4 is 0 Å². The molecule has 2 N–H and O–H groups in total. The molecule has 0 heterocycles. The molecule has 4 aliphatic rings. The molecular weight excluding hydrogens is 444 g/mol. The lowest BCUT2D eigenvalue weighted by Crippen LogP contribution is -2.62. The predicted molar refractivity (Wildman–Crippen MR) is 132 cm³/mol. The van der Waals surface area contributed by atoms with E-state index in [1.165, 1.54) is 5.57 Å². The highest BCUT2D eigenvalue weighted by molar-refractivity contribution is 5.92. The minimum atomic E-state index is -1.59. The molecule has 6 nitrogen and oxygen atoms in total. The van der Waals surface area contributed by atoms with Gasteiger partial charge in [0.1, 0.15) is 5.60 Å². The van der Waals surface area contributed by atoms with E-state index >= 15 is 0 Å². The zero-order chi connectivity index (χ0) is 25.4. The van der Waals surface area contributed by atoms with Crippen LogP contribution in [0.2, 0.25) is 0 Å². The van der Waals surface area contributed by atoms with Crippen molar-refractivity contribution >= 4 is 17.5 Å². The van der Waals surface area contributed by atoms with E-state index in [9.17, 15) is 24.6 Å². The molecular formula is C29H44O6. The molecule has 0 saturated heterocycles. The van der Waals surface area contributed by atoms with Crippen LogP contribution in [0.5, 0.6) is 0 Å². The van der Waals surface area contributed by atoms with Crippen LogP contribution >= 0.6 is 0 Å². The minimum Gasteiger partial charge on any atom is -0.458 e. The standard InChI is InChI=1S/C29H44O6/c1-4-5-6-7-8-9-25(33)35-18-24(32)29(34)15-13-22-21-11-10-19-16-20(30)12-14-27(19,2)26(21)23(31)17-28(22,29)3/h16,21-23,26,31,34H,4-15,17-18H2,1-3H3/t21-,22+,23-,26+,27-,28-,29-/m0/s1. The van der Waals surface area contributed by atoms with E-state index in [2.05, 4.69) is 13.8 Å². The molecule has 0 bridgehead atoms. The third-order valence-corrected chi connectivity index (χ3v) is 10.4. The van der Waals surface area contributed by atoms with Crippen molar-refractivity contribution in [3.05, 3.63) is 11.6 Å². The number of aliphatic hydroxyl groups excluding tert-OH is 1. The van der Waals surface area contributed by atoms with Gasteiger partial charge in [-0.2, -0.15) is 0 Å². The number of ether oxygens (including phenoxy) is 1. The maximum absolute atomic E-state index is 13.3. The van der Waals surface area contributed by atoms with Crippen molar-refractivity contribution in [2.45, 2.75) is 116 Å². The van der Waals surface area contributed by atoms with Gasteiger partial charge in [-0.15, -0.1) is 0 Å². The summed E-state index contributed by atoms with van der Waals surface area (Å²) in [6.07, 6.45) is 11.0. The molecule has 3 saturated carbocycles. The number of Topliss-reactive ketones (excluding diaryl/α,β-unsaturated/α-hetero) is 1. The van der Waals surface area contributed by atoms with Gasteiger partial charge < -0.3 is 14.9 Å². The monoisotopic (exact) mass is 488 g/mol. The van der Waals surface area contributed by atoms with Crippen molar-refractivity contribution < 1.29 is 29.3 Å². The van der Waals surface area contributed by atoms with Crippen LogP contribution in [0.25, 0.3) is 0 Å². The Labute approximate surface area is 209 Å². The molecule has 0 amide bonds. The van der Waals surface area contributed by atoms with E-state index in [1.807, 2.05) is 13.0 Å². The predicted octanol–water partition coefficient (Wildman–Crippen LogP) is 4.69. The zero-order valence-electron chi connectivity index (χ0n) is 21.8. The maximum Gasteiger partial charge on any atom is 0.306 e. The molecule has 4 rings (SSSR count). The second kappa shape index (κ2) is 10.1.